The Morgan fingerprint density at radius 2 is 0.844 bits per heavy atom. The Bertz CT molecular complexity index is 1000. The van der Waals surface area contributed by atoms with Crippen LogP contribution in [-0.4, -0.2) is 21.8 Å². The molecule has 156 valence electrons. The topological polar surface area (TPSA) is 9.23 Å². The van der Waals surface area contributed by atoms with Gasteiger partial charge in [0.05, 0.1) is 0 Å². The Labute approximate surface area is 207 Å². The Hall–Kier alpha value is -2.13. The molecule has 0 N–H and O–H groups in total. The Morgan fingerprint density at radius 1 is 0.531 bits per heavy atom. The van der Waals surface area contributed by atoms with Gasteiger partial charge in [0.15, 0.2) is 0 Å². The summed E-state index contributed by atoms with van der Waals surface area (Å²) in [6.07, 6.45) is 0. The summed E-state index contributed by atoms with van der Waals surface area (Å²) in [5.41, 5.74) is -0.280. The van der Waals surface area contributed by atoms with E-state index in [2.05, 4.69) is 142 Å². The van der Waals surface area contributed by atoms with Crippen molar-refractivity contribution in [1.82, 2.24) is 0 Å². The minimum Gasteiger partial charge on any atom is -0.434 e. The van der Waals surface area contributed by atoms with Gasteiger partial charge in [-0.1, -0.05) is 132 Å². The van der Waals surface area contributed by atoms with Crippen LogP contribution in [0.2, 0.25) is 0 Å². The van der Waals surface area contributed by atoms with Crippen LogP contribution in [0.4, 0.5) is 0 Å². The SMILES string of the molecule is CC(C)(C)O[Si](c1ccccc1)(c1ccccc1)[Si-](c1ccccc1)c1ccccc1.[Li+]. The smallest absolute Gasteiger partial charge is 0.434 e. The minimum absolute atomic E-state index is 0. The third kappa shape index (κ3) is 5.26. The van der Waals surface area contributed by atoms with Crippen LogP contribution in [0.5, 0.6) is 0 Å². The maximum atomic E-state index is 7.35. The molecule has 32 heavy (non-hydrogen) atoms. The van der Waals surface area contributed by atoms with E-state index in [1.165, 1.54) is 20.7 Å². The van der Waals surface area contributed by atoms with E-state index in [1.807, 2.05) is 0 Å². The van der Waals surface area contributed by atoms with Crippen LogP contribution in [0.1, 0.15) is 20.8 Å². The van der Waals surface area contributed by atoms with E-state index in [-0.39, 0.29) is 24.5 Å². The molecule has 0 aliphatic heterocycles. The van der Waals surface area contributed by atoms with Crippen LogP contribution in [0.25, 0.3) is 0 Å². The molecule has 0 atom stereocenters. The second-order valence-corrected chi connectivity index (χ2v) is 17.0. The number of hydrogen-bond acceptors (Lipinski definition) is 1. The van der Waals surface area contributed by atoms with Crippen molar-refractivity contribution in [3.8, 4) is 0 Å². The van der Waals surface area contributed by atoms with Crippen LogP contribution in [0.3, 0.4) is 0 Å². The summed E-state index contributed by atoms with van der Waals surface area (Å²) in [5, 5.41) is 5.44. The molecule has 0 heterocycles. The van der Waals surface area contributed by atoms with Crippen molar-refractivity contribution < 1.29 is 23.3 Å². The maximum Gasteiger partial charge on any atom is 1.00 e. The van der Waals surface area contributed by atoms with Gasteiger partial charge in [-0.15, -0.1) is 0 Å². The average molecular weight is 445 g/mol. The quantitative estimate of drug-likeness (QED) is 0.403. The minimum atomic E-state index is -2.69. The zero-order chi connectivity index (χ0) is 21.7. The standard InChI is InChI=1S/C28H29OSi2.Li/c1-28(2,3)29-31(26-20-12-6-13-21-26,27-22-14-7-15-23-27)30(24-16-8-4-9-17-24)25-18-10-5-11-19-25;/h4-23H,1-3H3;/q-1;+1. The zero-order valence-electron chi connectivity index (χ0n) is 19.5. The first kappa shape index (κ1) is 24.5. The Balaban J connectivity index is 0.00000289. The molecule has 4 heteroatoms. The van der Waals surface area contributed by atoms with Gasteiger partial charge in [-0.25, -0.2) is 8.31 Å². The third-order valence-electron chi connectivity index (χ3n) is 5.30. The molecule has 0 aliphatic rings. The monoisotopic (exact) mass is 444 g/mol. The molecule has 4 rings (SSSR count). The molecule has 0 amide bonds. The van der Waals surface area contributed by atoms with Gasteiger partial charge in [0.1, 0.15) is 7.83 Å². The van der Waals surface area contributed by atoms with Crippen molar-refractivity contribution in [3.05, 3.63) is 121 Å². The second-order valence-electron chi connectivity index (χ2n) is 8.73. The van der Waals surface area contributed by atoms with E-state index in [9.17, 15) is 0 Å². The molecular formula is C28H29LiOSi2. The molecule has 0 fully saturated rings. The average Bonchev–Trinajstić information content (AvgIpc) is 2.80. The van der Waals surface area contributed by atoms with Gasteiger partial charge in [0, 0.05) is 5.60 Å². The summed E-state index contributed by atoms with van der Waals surface area (Å²) in [6.45, 7) is 6.57. The molecule has 4 aromatic carbocycles. The van der Waals surface area contributed by atoms with E-state index >= 15 is 0 Å². The van der Waals surface area contributed by atoms with E-state index in [0.29, 0.717) is 0 Å². The molecule has 4 aromatic rings. The molecule has 0 radical (unpaired) electrons. The predicted molar refractivity (Wildman–Crippen MR) is 137 cm³/mol. The van der Waals surface area contributed by atoms with E-state index in [1.54, 1.807) is 0 Å². The van der Waals surface area contributed by atoms with Crippen molar-refractivity contribution in [2.75, 3.05) is 0 Å². The largest absolute Gasteiger partial charge is 1.00 e. The summed E-state index contributed by atoms with van der Waals surface area (Å²) in [6, 6.07) is 44.0. The zero-order valence-corrected chi connectivity index (χ0v) is 21.5. The fraction of sp³-hybridized carbons (Fsp3) is 0.143. The summed E-state index contributed by atoms with van der Waals surface area (Å²) in [4.78, 5) is 0. The fourth-order valence-corrected chi connectivity index (χ4v) is 17.3. The van der Waals surface area contributed by atoms with Crippen molar-refractivity contribution in [2.24, 2.45) is 0 Å². The van der Waals surface area contributed by atoms with Gasteiger partial charge in [-0.2, -0.15) is 10.4 Å². The maximum absolute atomic E-state index is 7.35. The molecule has 0 aromatic heterocycles. The van der Waals surface area contributed by atoms with Crippen molar-refractivity contribution in [3.63, 3.8) is 0 Å². The van der Waals surface area contributed by atoms with Crippen LogP contribution < -0.4 is 39.6 Å². The summed E-state index contributed by atoms with van der Waals surface area (Å²) in [5.74, 6) is 0. The van der Waals surface area contributed by atoms with E-state index < -0.39 is 16.1 Å². The van der Waals surface area contributed by atoms with E-state index in [0.717, 1.165) is 0 Å². The summed E-state index contributed by atoms with van der Waals surface area (Å²) < 4.78 is 7.35. The number of benzene rings is 4. The third-order valence-corrected chi connectivity index (χ3v) is 16.9. The first-order valence-corrected chi connectivity index (χ1v) is 15.2. The molecule has 0 aliphatic carbocycles. The van der Waals surface area contributed by atoms with Crippen molar-refractivity contribution in [2.45, 2.75) is 26.4 Å². The molecular weight excluding hydrogens is 415 g/mol. The van der Waals surface area contributed by atoms with E-state index in [4.69, 9.17) is 4.43 Å². The fourth-order valence-electron chi connectivity index (χ4n) is 4.21. The molecule has 0 unspecified atom stereocenters. The first-order chi connectivity index (χ1) is 15.0. The predicted octanol–water partition coefficient (Wildman–Crippen LogP) is 0.953. The van der Waals surface area contributed by atoms with Gasteiger partial charge in [-0.3, -0.25) is 0 Å². The Morgan fingerprint density at radius 3 is 1.16 bits per heavy atom. The van der Waals surface area contributed by atoms with Crippen LogP contribution >= 0.6 is 0 Å². The van der Waals surface area contributed by atoms with Gasteiger partial charge >= 0.3 is 18.9 Å². The van der Waals surface area contributed by atoms with Crippen LogP contribution in [0, 0.1) is 0 Å². The molecule has 0 bridgehead atoms. The second kappa shape index (κ2) is 10.7. The van der Waals surface area contributed by atoms with Gasteiger partial charge < -0.3 is 4.43 Å². The van der Waals surface area contributed by atoms with Gasteiger partial charge in [0.2, 0.25) is 0 Å². The van der Waals surface area contributed by atoms with Crippen LogP contribution in [0.15, 0.2) is 121 Å². The molecule has 0 saturated heterocycles. The molecule has 1 nitrogen and oxygen atoms in total. The van der Waals surface area contributed by atoms with Crippen molar-refractivity contribution in [1.29, 1.82) is 0 Å². The summed E-state index contributed by atoms with van der Waals surface area (Å²) >= 11 is 0. The summed E-state index contributed by atoms with van der Waals surface area (Å²) in [7, 11) is -4.01. The van der Waals surface area contributed by atoms with Gasteiger partial charge in [-0.05, 0) is 20.8 Å². The van der Waals surface area contributed by atoms with Crippen molar-refractivity contribution >= 4 is 36.9 Å². The number of rotatable bonds is 6. The normalized spacial score (nSPS) is 11.5. The van der Waals surface area contributed by atoms with Gasteiger partial charge in [0.25, 0.3) is 0 Å². The molecule has 0 spiro atoms. The molecule has 0 saturated carbocycles. The number of hydrogen-bond donors (Lipinski definition) is 0. The van der Waals surface area contributed by atoms with Crippen LogP contribution in [-0.2, 0) is 4.43 Å². The Kier molecular flexibility index (Phi) is 8.16. The first-order valence-electron chi connectivity index (χ1n) is 10.8.